The summed E-state index contributed by atoms with van der Waals surface area (Å²) in [5.74, 6) is -0.235. The first-order valence-corrected chi connectivity index (χ1v) is 8.73. The standard InChI is InChI=1S/C19H15FN4O4/c20-12-2-1-3-13-17(12)18(23-22-13)24-8-10(6-16(24)25)19(26)21-11-4-5-14-15(7-11)28-9-27-14/h1-5,7,10H,6,8-9H2,(H,21,26)(H,22,23)/t10-/m0/s1. The van der Waals surface area contributed by atoms with Gasteiger partial charge in [-0.05, 0) is 24.3 Å². The molecule has 1 saturated heterocycles. The first kappa shape index (κ1) is 16.5. The van der Waals surface area contributed by atoms with Gasteiger partial charge in [-0.15, -0.1) is 0 Å². The van der Waals surface area contributed by atoms with Crippen LogP contribution in [0.25, 0.3) is 10.9 Å². The van der Waals surface area contributed by atoms with Gasteiger partial charge in [0.25, 0.3) is 0 Å². The molecule has 1 fully saturated rings. The third kappa shape index (κ3) is 2.63. The Morgan fingerprint density at radius 2 is 2.11 bits per heavy atom. The molecule has 1 aromatic heterocycles. The second kappa shape index (κ2) is 6.22. The molecule has 3 heterocycles. The maximum Gasteiger partial charge on any atom is 0.231 e. The zero-order chi connectivity index (χ0) is 19.3. The molecule has 9 heteroatoms. The van der Waals surface area contributed by atoms with E-state index in [-0.39, 0.29) is 42.8 Å². The van der Waals surface area contributed by atoms with Crippen molar-refractivity contribution in [2.75, 3.05) is 23.6 Å². The Balaban J connectivity index is 1.35. The summed E-state index contributed by atoms with van der Waals surface area (Å²) >= 11 is 0. The molecular weight excluding hydrogens is 367 g/mol. The number of ether oxygens (including phenoxy) is 2. The van der Waals surface area contributed by atoms with E-state index in [1.54, 1.807) is 30.3 Å². The highest BCUT2D eigenvalue weighted by Gasteiger charge is 2.37. The molecule has 0 spiro atoms. The highest BCUT2D eigenvalue weighted by molar-refractivity contribution is 6.07. The van der Waals surface area contributed by atoms with Gasteiger partial charge in [0.2, 0.25) is 18.6 Å². The van der Waals surface area contributed by atoms with Gasteiger partial charge in [-0.1, -0.05) is 6.07 Å². The van der Waals surface area contributed by atoms with Gasteiger partial charge >= 0.3 is 0 Å². The summed E-state index contributed by atoms with van der Waals surface area (Å²) < 4.78 is 24.8. The van der Waals surface area contributed by atoms with Crippen molar-refractivity contribution < 1.29 is 23.5 Å². The molecule has 28 heavy (non-hydrogen) atoms. The predicted octanol–water partition coefficient (Wildman–Crippen LogP) is 2.42. The Bertz CT molecular complexity index is 1110. The third-order valence-corrected chi connectivity index (χ3v) is 4.91. The number of rotatable bonds is 3. The third-order valence-electron chi connectivity index (χ3n) is 4.91. The molecule has 0 radical (unpaired) electrons. The van der Waals surface area contributed by atoms with Crippen molar-refractivity contribution in [2.45, 2.75) is 6.42 Å². The van der Waals surface area contributed by atoms with Gasteiger partial charge in [0, 0.05) is 24.7 Å². The summed E-state index contributed by atoms with van der Waals surface area (Å²) in [6.45, 7) is 0.274. The SMILES string of the molecule is O=C(Nc1ccc2c(c1)OCO2)[C@H]1CC(=O)N(c2n[nH]c3cccc(F)c23)C1. The van der Waals surface area contributed by atoms with Crippen molar-refractivity contribution in [2.24, 2.45) is 5.92 Å². The number of nitrogens with zero attached hydrogens (tertiary/aromatic N) is 2. The predicted molar refractivity (Wildman–Crippen MR) is 97.7 cm³/mol. The van der Waals surface area contributed by atoms with Gasteiger partial charge in [-0.2, -0.15) is 5.10 Å². The second-order valence-corrected chi connectivity index (χ2v) is 6.67. The number of halogens is 1. The molecule has 5 rings (SSSR count). The summed E-state index contributed by atoms with van der Waals surface area (Å²) in [6, 6.07) is 9.64. The van der Waals surface area contributed by atoms with E-state index in [0.717, 1.165) is 0 Å². The quantitative estimate of drug-likeness (QED) is 0.725. The second-order valence-electron chi connectivity index (χ2n) is 6.67. The Hall–Kier alpha value is -3.62. The number of hydrogen-bond acceptors (Lipinski definition) is 5. The fraction of sp³-hybridized carbons (Fsp3) is 0.211. The number of hydrogen-bond donors (Lipinski definition) is 2. The van der Waals surface area contributed by atoms with E-state index in [1.165, 1.54) is 11.0 Å². The average molecular weight is 382 g/mol. The van der Waals surface area contributed by atoms with Crippen LogP contribution in [-0.2, 0) is 9.59 Å². The van der Waals surface area contributed by atoms with Crippen molar-refractivity contribution in [3.8, 4) is 11.5 Å². The number of carbonyl (C=O) groups is 2. The summed E-state index contributed by atoms with van der Waals surface area (Å²) in [7, 11) is 0. The van der Waals surface area contributed by atoms with Crippen molar-refractivity contribution in [3.63, 3.8) is 0 Å². The minimum Gasteiger partial charge on any atom is -0.454 e. The smallest absolute Gasteiger partial charge is 0.231 e. The van der Waals surface area contributed by atoms with Crippen LogP contribution >= 0.6 is 0 Å². The normalized spacial score (nSPS) is 18.1. The van der Waals surface area contributed by atoms with Crippen molar-refractivity contribution >= 4 is 34.2 Å². The molecule has 2 amide bonds. The van der Waals surface area contributed by atoms with Crippen LogP contribution in [0.2, 0.25) is 0 Å². The number of carbonyl (C=O) groups excluding carboxylic acids is 2. The summed E-state index contributed by atoms with van der Waals surface area (Å²) in [4.78, 5) is 26.5. The first-order chi connectivity index (χ1) is 13.6. The van der Waals surface area contributed by atoms with Gasteiger partial charge in [-0.3, -0.25) is 19.6 Å². The van der Waals surface area contributed by atoms with Crippen LogP contribution in [0.4, 0.5) is 15.9 Å². The molecule has 8 nitrogen and oxygen atoms in total. The number of H-pyrrole nitrogens is 1. The highest BCUT2D eigenvalue weighted by atomic mass is 19.1. The fourth-order valence-corrected chi connectivity index (χ4v) is 3.52. The Morgan fingerprint density at radius 1 is 1.25 bits per heavy atom. The minimum absolute atomic E-state index is 0.0270. The molecule has 1 atom stereocenters. The molecule has 0 aliphatic carbocycles. The maximum atomic E-state index is 14.2. The highest BCUT2D eigenvalue weighted by Crippen LogP contribution is 2.35. The van der Waals surface area contributed by atoms with Gasteiger partial charge < -0.3 is 14.8 Å². The van der Waals surface area contributed by atoms with E-state index in [0.29, 0.717) is 22.7 Å². The van der Waals surface area contributed by atoms with Crippen LogP contribution in [0.15, 0.2) is 36.4 Å². The largest absolute Gasteiger partial charge is 0.454 e. The molecule has 0 unspecified atom stereocenters. The maximum absolute atomic E-state index is 14.2. The lowest BCUT2D eigenvalue weighted by Gasteiger charge is -2.14. The molecule has 142 valence electrons. The lowest BCUT2D eigenvalue weighted by molar-refractivity contribution is -0.122. The Morgan fingerprint density at radius 3 is 3.00 bits per heavy atom. The van der Waals surface area contributed by atoms with Gasteiger partial charge in [0.15, 0.2) is 17.3 Å². The number of benzene rings is 2. The van der Waals surface area contributed by atoms with Crippen LogP contribution < -0.4 is 19.7 Å². The van der Waals surface area contributed by atoms with Gasteiger partial charge in [-0.25, -0.2) is 4.39 Å². The number of amides is 2. The summed E-state index contributed by atoms with van der Waals surface area (Å²) in [5.41, 5.74) is 1.05. The van der Waals surface area contributed by atoms with Crippen LogP contribution in [0.3, 0.4) is 0 Å². The average Bonchev–Trinajstić information content (AvgIpc) is 3.39. The molecule has 2 aliphatic rings. The van der Waals surface area contributed by atoms with E-state index >= 15 is 0 Å². The zero-order valence-corrected chi connectivity index (χ0v) is 14.6. The van der Waals surface area contributed by atoms with Crippen LogP contribution in [-0.4, -0.2) is 35.3 Å². The lowest BCUT2D eigenvalue weighted by Crippen LogP contribution is -2.28. The van der Waals surface area contributed by atoms with Crippen molar-refractivity contribution in [1.29, 1.82) is 0 Å². The number of aromatic nitrogens is 2. The van der Waals surface area contributed by atoms with E-state index in [2.05, 4.69) is 15.5 Å². The fourth-order valence-electron chi connectivity index (χ4n) is 3.52. The number of fused-ring (bicyclic) bond motifs is 2. The lowest BCUT2D eigenvalue weighted by atomic mass is 10.1. The molecule has 2 N–H and O–H groups in total. The Labute approximate surface area is 158 Å². The number of anilines is 2. The van der Waals surface area contributed by atoms with E-state index in [1.807, 2.05) is 0 Å². The summed E-state index contributed by atoms with van der Waals surface area (Å²) in [6.07, 6.45) is 0.0270. The number of nitrogens with one attached hydrogen (secondary N) is 2. The zero-order valence-electron chi connectivity index (χ0n) is 14.6. The molecular formula is C19H15FN4O4. The molecule has 2 aliphatic heterocycles. The van der Waals surface area contributed by atoms with Crippen LogP contribution in [0, 0.1) is 11.7 Å². The van der Waals surface area contributed by atoms with E-state index in [9.17, 15) is 14.0 Å². The Kier molecular flexibility index (Phi) is 3.68. The van der Waals surface area contributed by atoms with Crippen molar-refractivity contribution in [1.82, 2.24) is 10.2 Å². The minimum atomic E-state index is -0.573. The first-order valence-electron chi connectivity index (χ1n) is 8.73. The molecule has 0 bridgehead atoms. The van der Waals surface area contributed by atoms with Gasteiger partial charge in [0.1, 0.15) is 5.82 Å². The summed E-state index contributed by atoms with van der Waals surface area (Å²) in [5, 5.41) is 9.84. The van der Waals surface area contributed by atoms with Crippen LogP contribution in [0.5, 0.6) is 11.5 Å². The monoisotopic (exact) mass is 382 g/mol. The molecule has 3 aromatic rings. The van der Waals surface area contributed by atoms with Crippen molar-refractivity contribution in [3.05, 3.63) is 42.2 Å². The van der Waals surface area contributed by atoms with E-state index in [4.69, 9.17) is 9.47 Å². The van der Waals surface area contributed by atoms with E-state index < -0.39 is 11.7 Å². The topological polar surface area (TPSA) is 96.5 Å². The molecule has 2 aromatic carbocycles. The van der Waals surface area contributed by atoms with Crippen LogP contribution in [0.1, 0.15) is 6.42 Å². The number of aromatic amines is 1. The molecule has 0 saturated carbocycles. The van der Waals surface area contributed by atoms with Gasteiger partial charge in [0.05, 0.1) is 16.8 Å².